The number of aromatic nitrogens is 3. The summed E-state index contributed by atoms with van der Waals surface area (Å²) < 4.78 is 44.2. The van der Waals surface area contributed by atoms with E-state index in [2.05, 4.69) is 39.4 Å². The Labute approximate surface area is 425 Å². The number of ether oxygens (including phenoxy) is 4. The smallest absolute Gasteiger partial charge is 0.462 e. The van der Waals surface area contributed by atoms with Crippen molar-refractivity contribution in [2.75, 3.05) is 58.0 Å². The molecule has 0 saturated carbocycles. The molecule has 1 aromatic heterocycles. The van der Waals surface area contributed by atoms with Gasteiger partial charge in [0.05, 0.1) is 26.4 Å². The minimum Gasteiger partial charge on any atom is -0.462 e. The Hall–Kier alpha value is -2.37. The lowest BCUT2D eigenvalue weighted by molar-refractivity contribution is -0.161. The van der Waals surface area contributed by atoms with Gasteiger partial charge in [0.25, 0.3) is 0 Å². The highest BCUT2D eigenvalue weighted by atomic mass is 35.5. The number of unbranched alkanes of at least 4 members (excludes halogenated alkanes) is 28. The van der Waals surface area contributed by atoms with Crippen LogP contribution in [0.3, 0.4) is 0 Å². The largest absolute Gasteiger partial charge is 0.472 e. The van der Waals surface area contributed by atoms with Crippen molar-refractivity contribution in [2.45, 2.75) is 225 Å². The second-order valence-electron chi connectivity index (χ2n) is 17.6. The predicted molar refractivity (Wildman–Crippen MR) is 275 cm³/mol. The lowest BCUT2D eigenvalue weighted by atomic mass is 10.0. The number of anilines is 1. The molecule has 0 aliphatic carbocycles. The number of carbonyl (C=O) groups excluding carboxylic acids is 3. The van der Waals surface area contributed by atoms with E-state index in [0.717, 1.165) is 38.5 Å². The number of rotatable bonds is 49. The van der Waals surface area contributed by atoms with Crippen LogP contribution in [0.1, 0.15) is 219 Å². The van der Waals surface area contributed by atoms with Gasteiger partial charge in [0, 0.05) is 25.9 Å². The van der Waals surface area contributed by atoms with Crippen molar-refractivity contribution in [2.24, 2.45) is 0 Å². The molecule has 1 rings (SSSR count). The Morgan fingerprint density at radius 1 is 0.536 bits per heavy atom. The molecule has 1 heterocycles. The van der Waals surface area contributed by atoms with Crippen molar-refractivity contribution in [3.8, 4) is 0 Å². The van der Waals surface area contributed by atoms with Crippen molar-refractivity contribution < 1.29 is 51.8 Å². The molecule has 0 aromatic carbocycles. The van der Waals surface area contributed by atoms with Crippen molar-refractivity contribution in [3.63, 3.8) is 0 Å². The molecule has 20 heteroatoms. The summed E-state index contributed by atoms with van der Waals surface area (Å²) in [6.45, 7) is 3.72. The summed E-state index contributed by atoms with van der Waals surface area (Å²) in [6.07, 6.45) is 35.0. The summed E-state index contributed by atoms with van der Waals surface area (Å²) in [5.41, 5.74) is 0. The van der Waals surface area contributed by atoms with Gasteiger partial charge in [-0.05, 0) is 36.0 Å². The molecular weight excluding hydrogens is 950 g/mol. The zero-order valence-electron chi connectivity index (χ0n) is 42.6. The first-order valence-electron chi connectivity index (χ1n) is 26.3. The fraction of sp³-hybridized carbons (Fsp3) is 0.878. The Bertz CT molecular complexity index is 1420. The molecule has 17 nitrogen and oxygen atoms in total. The molecule has 1 amide bonds. The van der Waals surface area contributed by atoms with Crippen LogP contribution >= 0.6 is 31.0 Å². The van der Waals surface area contributed by atoms with Crippen molar-refractivity contribution >= 4 is 55.0 Å². The zero-order valence-corrected chi connectivity index (χ0v) is 45.0. The predicted octanol–water partition coefficient (Wildman–Crippen LogP) is 13.6. The molecule has 0 fully saturated rings. The fourth-order valence-corrected chi connectivity index (χ4v) is 8.53. The Balaban J connectivity index is 0.0000462. The SMILES string of the molecule is CCCCCCCCCCCCCCCCCC(=O)OCC(COP(=O)(O)OCCNC(=O)OCCOCCNc1nc(Cl)nc(Cl)n1)OC(=O)CCCCCCCCCCCCCCCCC.N. The van der Waals surface area contributed by atoms with E-state index in [1.807, 2.05) is 0 Å². The van der Waals surface area contributed by atoms with Crippen LogP contribution in [0.2, 0.25) is 10.6 Å². The first-order chi connectivity index (χ1) is 33.0. The molecule has 404 valence electrons. The van der Waals surface area contributed by atoms with Crippen LogP contribution in [0, 0.1) is 0 Å². The van der Waals surface area contributed by atoms with Gasteiger partial charge in [0.2, 0.25) is 16.5 Å². The van der Waals surface area contributed by atoms with Crippen molar-refractivity contribution in [3.05, 3.63) is 10.6 Å². The van der Waals surface area contributed by atoms with E-state index < -0.39 is 38.6 Å². The van der Waals surface area contributed by atoms with Gasteiger partial charge in [0.15, 0.2) is 6.10 Å². The van der Waals surface area contributed by atoms with Crippen LogP contribution in [-0.2, 0) is 42.1 Å². The van der Waals surface area contributed by atoms with E-state index in [9.17, 15) is 23.8 Å². The topological polar surface area (TPSA) is 242 Å². The number of esters is 2. The number of phosphoric acid groups is 1. The highest BCUT2D eigenvalue weighted by Crippen LogP contribution is 2.43. The van der Waals surface area contributed by atoms with E-state index in [4.69, 9.17) is 51.2 Å². The van der Waals surface area contributed by atoms with E-state index in [1.54, 1.807) is 0 Å². The number of hydrogen-bond donors (Lipinski definition) is 4. The lowest BCUT2D eigenvalue weighted by Crippen LogP contribution is -2.30. The van der Waals surface area contributed by atoms with E-state index in [1.165, 1.54) is 141 Å². The standard InChI is InChI=1S/C49H90Cl2N5O11P.H3N/c1-3-5-7-9-11-13-15-17-19-21-23-25-27-29-31-33-44(57)64-41-43(67-45(58)34-32-30-28-26-24-22-20-18-16-14-12-10-8-6-4-2)42-66-68(60,61)65-38-36-53-49(59)63-40-39-62-37-35-52-48-55-46(50)54-47(51)56-48;/h43H,3-42H2,1-2H3,(H,53,59)(H,60,61)(H,52,54,55,56);1H3. The molecule has 2 unspecified atom stereocenters. The van der Waals surface area contributed by atoms with Crippen LogP contribution < -0.4 is 16.8 Å². The first kappa shape index (κ1) is 66.6. The van der Waals surface area contributed by atoms with E-state index in [-0.39, 0.29) is 75.1 Å². The third kappa shape index (κ3) is 45.3. The number of nitrogens with one attached hydrogen (secondary N) is 2. The molecule has 0 bridgehead atoms. The minimum atomic E-state index is -4.64. The summed E-state index contributed by atoms with van der Waals surface area (Å²) in [5, 5.41) is 5.17. The quantitative estimate of drug-likeness (QED) is 0.0205. The number of hydrogen-bond acceptors (Lipinski definition) is 15. The molecule has 0 saturated heterocycles. The molecule has 0 aliphatic rings. The fourth-order valence-electron chi connectivity index (χ4n) is 7.42. The van der Waals surface area contributed by atoms with Gasteiger partial charge >= 0.3 is 25.9 Å². The van der Waals surface area contributed by atoms with E-state index >= 15 is 0 Å². The van der Waals surface area contributed by atoms with Gasteiger partial charge in [-0.15, -0.1) is 0 Å². The van der Waals surface area contributed by atoms with Crippen molar-refractivity contribution in [1.29, 1.82) is 0 Å². The van der Waals surface area contributed by atoms with Gasteiger partial charge in [-0.1, -0.05) is 194 Å². The highest BCUT2D eigenvalue weighted by Gasteiger charge is 2.26. The van der Waals surface area contributed by atoms with Crippen LogP contribution in [0.5, 0.6) is 0 Å². The molecule has 0 spiro atoms. The number of alkyl carbamates (subject to hydrolysis) is 1. The molecule has 2 atom stereocenters. The Kier molecular flexibility index (Phi) is 46.3. The average Bonchev–Trinajstić information content (AvgIpc) is 3.30. The minimum absolute atomic E-state index is 0. The van der Waals surface area contributed by atoms with Gasteiger partial charge in [-0.3, -0.25) is 18.6 Å². The maximum atomic E-state index is 12.8. The van der Waals surface area contributed by atoms with Crippen LogP contribution in [-0.4, -0.2) is 96.7 Å². The van der Waals surface area contributed by atoms with Gasteiger partial charge in [-0.2, -0.15) is 15.0 Å². The van der Waals surface area contributed by atoms with Crippen LogP contribution in [0.15, 0.2) is 0 Å². The highest BCUT2D eigenvalue weighted by molar-refractivity contribution is 7.47. The van der Waals surface area contributed by atoms with Gasteiger partial charge < -0.3 is 40.6 Å². The van der Waals surface area contributed by atoms with Crippen LogP contribution in [0.4, 0.5) is 10.7 Å². The number of carbonyl (C=O) groups is 3. The number of nitrogens with zero attached hydrogens (tertiary/aromatic N) is 3. The lowest BCUT2D eigenvalue weighted by Gasteiger charge is -2.20. The number of phosphoric ester groups is 1. The Morgan fingerprint density at radius 3 is 1.43 bits per heavy atom. The summed E-state index contributed by atoms with van der Waals surface area (Å²) in [7, 11) is -4.64. The Morgan fingerprint density at radius 2 is 0.971 bits per heavy atom. The molecule has 6 N–H and O–H groups in total. The van der Waals surface area contributed by atoms with Gasteiger partial charge in [-0.25, -0.2) is 9.36 Å². The molecule has 0 radical (unpaired) electrons. The number of amides is 1. The van der Waals surface area contributed by atoms with Crippen LogP contribution in [0.25, 0.3) is 0 Å². The molecular formula is C49H93Cl2N6O11P. The third-order valence-corrected chi connectivity index (χ3v) is 12.6. The molecule has 1 aromatic rings. The number of halogens is 2. The van der Waals surface area contributed by atoms with Crippen molar-refractivity contribution in [1.82, 2.24) is 26.4 Å². The average molecular weight is 1040 g/mol. The normalized spacial score (nSPS) is 12.5. The molecule has 0 aliphatic heterocycles. The summed E-state index contributed by atoms with van der Waals surface area (Å²) in [6, 6.07) is 0. The maximum absolute atomic E-state index is 12.8. The summed E-state index contributed by atoms with van der Waals surface area (Å²) in [5.74, 6) is -0.735. The second-order valence-corrected chi connectivity index (χ2v) is 19.7. The molecule has 69 heavy (non-hydrogen) atoms. The summed E-state index contributed by atoms with van der Waals surface area (Å²) >= 11 is 11.5. The monoisotopic (exact) mass is 1040 g/mol. The van der Waals surface area contributed by atoms with Gasteiger partial charge in [0.1, 0.15) is 13.2 Å². The summed E-state index contributed by atoms with van der Waals surface area (Å²) in [4.78, 5) is 59.2. The van der Waals surface area contributed by atoms with E-state index in [0.29, 0.717) is 19.4 Å². The zero-order chi connectivity index (χ0) is 49.6. The third-order valence-electron chi connectivity index (χ3n) is 11.3. The second kappa shape index (κ2) is 47.9. The first-order valence-corrected chi connectivity index (χ1v) is 28.6. The maximum Gasteiger partial charge on any atom is 0.472 e.